The highest BCUT2D eigenvalue weighted by Gasteiger charge is 2.04. The second-order valence-electron chi connectivity index (χ2n) is 4.44. The summed E-state index contributed by atoms with van der Waals surface area (Å²) in [6.45, 7) is 3.31. The first-order valence-electron chi connectivity index (χ1n) is 6.47. The first-order chi connectivity index (χ1) is 9.31. The summed E-state index contributed by atoms with van der Waals surface area (Å²) in [7, 11) is 3.68. The lowest BCUT2D eigenvalue weighted by atomic mass is 10.3. The summed E-state index contributed by atoms with van der Waals surface area (Å²) in [4.78, 5) is 4.21. The Labute approximate surface area is 113 Å². The molecule has 0 amide bonds. The number of rotatable bonds is 8. The van der Waals surface area contributed by atoms with Gasteiger partial charge >= 0.3 is 0 Å². The number of nitrogens with one attached hydrogen (secondary N) is 1. The van der Waals surface area contributed by atoms with Crippen molar-refractivity contribution in [1.82, 2.24) is 24.6 Å². The molecule has 0 saturated carbocycles. The summed E-state index contributed by atoms with van der Waals surface area (Å²) in [5.74, 6) is 0. The zero-order chi connectivity index (χ0) is 13.5. The monoisotopic (exact) mass is 263 g/mol. The van der Waals surface area contributed by atoms with E-state index in [2.05, 4.69) is 20.0 Å². The van der Waals surface area contributed by atoms with Crippen molar-refractivity contribution in [2.45, 2.75) is 19.5 Å². The van der Waals surface area contributed by atoms with E-state index >= 15 is 0 Å². The van der Waals surface area contributed by atoms with Gasteiger partial charge in [-0.1, -0.05) is 0 Å². The van der Waals surface area contributed by atoms with Gasteiger partial charge in [-0.15, -0.1) is 0 Å². The normalized spacial score (nSPS) is 11.1. The van der Waals surface area contributed by atoms with Crippen LogP contribution in [0, 0.1) is 0 Å². The van der Waals surface area contributed by atoms with E-state index in [1.807, 2.05) is 36.5 Å². The summed E-state index contributed by atoms with van der Waals surface area (Å²) in [6, 6.07) is 2.05. The molecule has 19 heavy (non-hydrogen) atoms. The largest absolute Gasteiger partial charge is 0.383 e. The van der Waals surface area contributed by atoms with E-state index < -0.39 is 0 Å². The molecule has 2 aromatic heterocycles. The average Bonchev–Trinajstić information content (AvgIpc) is 3.01. The molecule has 0 aromatic carbocycles. The second kappa shape index (κ2) is 7.06. The van der Waals surface area contributed by atoms with E-state index in [0.717, 1.165) is 32.7 Å². The van der Waals surface area contributed by atoms with Crippen molar-refractivity contribution in [3.05, 3.63) is 36.2 Å². The third kappa shape index (κ3) is 3.90. The smallest absolute Gasteiger partial charge is 0.0948 e. The molecule has 0 fully saturated rings. The topological polar surface area (TPSA) is 56.9 Å². The zero-order valence-electron chi connectivity index (χ0n) is 11.5. The molecule has 0 atom stereocenters. The number of ether oxygens (including phenoxy) is 1. The van der Waals surface area contributed by atoms with Gasteiger partial charge in [0.1, 0.15) is 0 Å². The van der Waals surface area contributed by atoms with Gasteiger partial charge in [0.2, 0.25) is 0 Å². The van der Waals surface area contributed by atoms with E-state index in [-0.39, 0.29) is 0 Å². The van der Waals surface area contributed by atoms with Gasteiger partial charge in [0.05, 0.1) is 18.6 Å². The second-order valence-corrected chi connectivity index (χ2v) is 4.44. The fraction of sp³-hybridized carbons (Fsp3) is 0.538. The molecule has 1 N–H and O–H groups in total. The molecular formula is C13H21N5O. The maximum atomic E-state index is 5.01. The molecule has 2 rings (SSSR count). The SMILES string of the molecule is COCCNCc1cncn1CCc1ccnn1C. The van der Waals surface area contributed by atoms with E-state index in [1.54, 1.807) is 7.11 Å². The van der Waals surface area contributed by atoms with Crippen molar-refractivity contribution in [2.24, 2.45) is 7.05 Å². The lowest BCUT2D eigenvalue weighted by molar-refractivity contribution is 0.199. The first kappa shape index (κ1) is 13.8. The van der Waals surface area contributed by atoms with Crippen LogP contribution in [0.3, 0.4) is 0 Å². The highest BCUT2D eigenvalue weighted by atomic mass is 16.5. The minimum Gasteiger partial charge on any atom is -0.383 e. The minimum absolute atomic E-state index is 0.725. The van der Waals surface area contributed by atoms with Crippen LogP contribution in [0.4, 0.5) is 0 Å². The van der Waals surface area contributed by atoms with Crippen molar-refractivity contribution in [3.63, 3.8) is 0 Å². The Bertz CT molecular complexity index is 491. The van der Waals surface area contributed by atoms with E-state index in [4.69, 9.17) is 4.74 Å². The van der Waals surface area contributed by atoms with Crippen molar-refractivity contribution >= 4 is 0 Å². The summed E-state index contributed by atoms with van der Waals surface area (Å²) in [6.07, 6.45) is 6.57. The van der Waals surface area contributed by atoms with Crippen molar-refractivity contribution in [2.75, 3.05) is 20.3 Å². The molecule has 2 heterocycles. The van der Waals surface area contributed by atoms with Crippen LogP contribution in [-0.2, 0) is 31.3 Å². The molecular weight excluding hydrogens is 242 g/mol. The minimum atomic E-state index is 0.725. The molecule has 2 aromatic rings. The Hall–Kier alpha value is -1.66. The third-order valence-electron chi connectivity index (χ3n) is 3.12. The van der Waals surface area contributed by atoms with Crippen molar-refractivity contribution in [3.8, 4) is 0 Å². The number of aryl methyl sites for hydroxylation is 3. The Morgan fingerprint density at radius 1 is 1.37 bits per heavy atom. The van der Waals surface area contributed by atoms with Crippen LogP contribution in [0.25, 0.3) is 0 Å². The molecule has 0 spiro atoms. The number of imidazole rings is 1. The van der Waals surface area contributed by atoms with Gasteiger partial charge in [-0.2, -0.15) is 5.10 Å². The van der Waals surface area contributed by atoms with Gasteiger partial charge in [0, 0.05) is 58.3 Å². The predicted molar refractivity (Wildman–Crippen MR) is 72.7 cm³/mol. The van der Waals surface area contributed by atoms with Crippen LogP contribution >= 0.6 is 0 Å². The molecule has 6 nitrogen and oxygen atoms in total. The predicted octanol–water partition coefficient (Wildman–Crippen LogP) is 0.595. The fourth-order valence-electron chi connectivity index (χ4n) is 1.97. The van der Waals surface area contributed by atoms with Crippen LogP contribution in [0.5, 0.6) is 0 Å². The quantitative estimate of drug-likeness (QED) is 0.708. The fourth-order valence-corrected chi connectivity index (χ4v) is 1.97. The van der Waals surface area contributed by atoms with E-state index in [9.17, 15) is 0 Å². The molecule has 0 aliphatic rings. The lowest BCUT2D eigenvalue weighted by Gasteiger charge is -2.09. The van der Waals surface area contributed by atoms with E-state index in [0.29, 0.717) is 0 Å². The molecule has 0 bridgehead atoms. The Balaban J connectivity index is 1.83. The molecule has 0 aliphatic heterocycles. The van der Waals surface area contributed by atoms with Crippen molar-refractivity contribution in [1.29, 1.82) is 0 Å². The lowest BCUT2D eigenvalue weighted by Crippen LogP contribution is -2.20. The summed E-state index contributed by atoms with van der Waals surface area (Å²) in [5, 5.41) is 7.50. The van der Waals surface area contributed by atoms with Gasteiger partial charge in [-0.25, -0.2) is 4.98 Å². The molecule has 104 valence electrons. The third-order valence-corrected chi connectivity index (χ3v) is 3.12. The Kier molecular flexibility index (Phi) is 5.11. The Morgan fingerprint density at radius 3 is 3.00 bits per heavy atom. The summed E-state index contributed by atoms with van der Waals surface area (Å²) >= 11 is 0. The number of methoxy groups -OCH3 is 1. The number of nitrogens with zero attached hydrogens (tertiary/aromatic N) is 4. The van der Waals surface area contributed by atoms with E-state index in [1.165, 1.54) is 11.4 Å². The number of aromatic nitrogens is 4. The first-order valence-corrected chi connectivity index (χ1v) is 6.47. The number of hydrogen-bond donors (Lipinski definition) is 1. The summed E-state index contributed by atoms with van der Waals surface area (Å²) in [5.41, 5.74) is 2.42. The maximum Gasteiger partial charge on any atom is 0.0948 e. The van der Waals surface area contributed by atoms with Gasteiger partial charge in [-0.3, -0.25) is 4.68 Å². The molecule has 0 unspecified atom stereocenters. The number of hydrogen-bond acceptors (Lipinski definition) is 4. The molecule has 0 saturated heterocycles. The molecule has 6 heteroatoms. The maximum absolute atomic E-state index is 5.01. The molecule has 0 aliphatic carbocycles. The molecule has 0 radical (unpaired) electrons. The Morgan fingerprint density at radius 2 is 2.26 bits per heavy atom. The van der Waals surface area contributed by atoms with Crippen LogP contribution in [0.15, 0.2) is 24.8 Å². The highest BCUT2D eigenvalue weighted by molar-refractivity contribution is 5.02. The highest BCUT2D eigenvalue weighted by Crippen LogP contribution is 2.04. The van der Waals surface area contributed by atoms with Gasteiger partial charge < -0.3 is 14.6 Å². The van der Waals surface area contributed by atoms with Crippen LogP contribution in [-0.4, -0.2) is 39.6 Å². The van der Waals surface area contributed by atoms with Gasteiger partial charge in [0.15, 0.2) is 0 Å². The van der Waals surface area contributed by atoms with Gasteiger partial charge in [0.25, 0.3) is 0 Å². The average molecular weight is 263 g/mol. The van der Waals surface area contributed by atoms with Crippen LogP contribution < -0.4 is 5.32 Å². The van der Waals surface area contributed by atoms with Crippen molar-refractivity contribution < 1.29 is 4.74 Å². The van der Waals surface area contributed by atoms with Crippen LogP contribution in [0.2, 0.25) is 0 Å². The van der Waals surface area contributed by atoms with Gasteiger partial charge in [-0.05, 0) is 6.07 Å². The summed E-state index contributed by atoms with van der Waals surface area (Å²) < 4.78 is 9.09. The standard InChI is InChI=1S/C13H21N5O/c1-17-12(3-5-16-17)4-7-18-11-15-10-13(18)9-14-6-8-19-2/h3,5,10-11,14H,4,6-9H2,1-2H3. The zero-order valence-corrected chi connectivity index (χ0v) is 11.5. The van der Waals surface area contributed by atoms with Crippen LogP contribution in [0.1, 0.15) is 11.4 Å².